The fourth-order valence-electron chi connectivity index (χ4n) is 4.99. The molecule has 1 aromatic heterocycles. The Kier molecular flexibility index (Phi) is 7.85. The van der Waals surface area contributed by atoms with E-state index in [0.29, 0.717) is 5.56 Å². The Hall–Kier alpha value is -3.11. The van der Waals surface area contributed by atoms with Crippen LogP contribution < -0.4 is 10.2 Å². The lowest BCUT2D eigenvalue weighted by molar-refractivity contribution is -0.278. The number of hydrogen-bond donors (Lipinski definition) is 8. The van der Waals surface area contributed by atoms with Gasteiger partial charge in [-0.3, -0.25) is 4.79 Å². The average molecular weight is 563 g/mol. The summed E-state index contributed by atoms with van der Waals surface area (Å²) in [5.74, 6) is -0.919. The first-order chi connectivity index (χ1) is 19.0. The molecule has 13 heteroatoms. The number of benzene rings is 2. The maximum atomic E-state index is 13.2. The van der Waals surface area contributed by atoms with Gasteiger partial charge in [-0.2, -0.15) is 0 Å². The predicted molar refractivity (Wildman–Crippen MR) is 135 cm³/mol. The van der Waals surface area contributed by atoms with E-state index in [-0.39, 0.29) is 28.0 Å². The van der Waals surface area contributed by atoms with Crippen LogP contribution >= 0.6 is 0 Å². The van der Waals surface area contributed by atoms with Crippen LogP contribution in [0.5, 0.6) is 11.5 Å². The maximum Gasteiger partial charge on any atom is 0.229 e. The SMILES string of the molecule is CC1OC(c2c(OC3OC(CO)C(O)C(O)C3O)cc3oc(-c4ccccc4)cc(=O)c3c2O)C(O)C(O)C1O. The van der Waals surface area contributed by atoms with Gasteiger partial charge in [-0.1, -0.05) is 30.3 Å². The van der Waals surface area contributed by atoms with E-state index in [1.807, 2.05) is 0 Å². The number of aromatic hydroxyl groups is 1. The van der Waals surface area contributed by atoms with Gasteiger partial charge in [-0.15, -0.1) is 0 Å². The highest BCUT2D eigenvalue weighted by Gasteiger charge is 2.47. The average Bonchev–Trinajstić information content (AvgIpc) is 2.94. The Bertz CT molecular complexity index is 1410. The molecule has 13 nitrogen and oxygen atoms in total. The third-order valence-corrected chi connectivity index (χ3v) is 7.28. The summed E-state index contributed by atoms with van der Waals surface area (Å²) in [5, 5.41) is 82.9. The lowest BCUT2D eigenvalue weighted by atomic mass is 9.90. The van der Waals surface area contributed by atoms with Crippen molar-refractivity contribution >= 4 is 11.0 Å². The zero-order chi connectivity index (χ0) is 28.9. The topological polar surface area (TPSA) is 220 Å². The van der Waals surface area contributed by atoms with Gasteiger partial charge in [0.25, 0.3) is 0 Å². The molecule has 0 spiro atoms. The number of ether oxygens (including phenoxy) is 3. The Morgan fingerprint density at radius 1 is 0.850 bits per heavy atom. The van der Waals surface area contributed by atoms with Crippen LogP contribution in [0, 0.1) is 0 Å². The second-order valence-corrected chi connectivity index (χ2v) is 9.90. The first-order valence-corrected chi connectivity index (χ1v) is 12.6. The Labute approximate surface area is 226 Å². The minimum Gasteiger partial charge on any atom is -0.506 e. The quantitative estimate of drug-likeness (QED) is 0.185. The van der Waals surface area contributed by atoms with Gasteiger partial charge in [-0.05, 0) is 6.92 Å². The van der Waals surface area contributed by atoms with Crippen molar-refractivity contribution in [1.82, 2.24) is 0 Å². The first-order valence-electron chi connectivity index (χ1n) is 12.6. The number of phenolic OH excluding ortho intramolecular Hbond substituents is 1. The van der Waals surface area contributed by atoms with Gasteiger partial charge in [-0.25, -0.2) is 0 Å². The summed E-state index contributed by atoms with van der Waals surface area (Å²) in [5.41, 5.74) is -0.601. The lowest BCUT2D eigenvalue weighted by Crippen LogP contribution is -2.60. The number of aliphatic hydroxyl groups excluding tert-OH is 7. The highest BCUT2D eigenvalue weighted by Crippen LogP contribution is 2.46. The molecule has 2 aromatic carbocycles. The highest BCUT2D eigenvalue weighted by atomic mass is 16.7. The van der Waals surface area contributed by atoms with Crippen LogP contribution in [0.25, 0.3) is 22.3 Å². The molecule has 0 saturated carbocycles. The fourth-order valence-corrected chi connectivity index (χ4v) is 4.99. The summed E-state index contributed by atoms with van der Waals surface area (Å²) in [6.45, 7) is 0.686. The van der Waals surface area contributed by atoms with Gasteiger partial charge >= 0.3 is 0 Å². The zero-order valence-electron chi connectivity index (χ0n) is 21.1. The largest absolute Gasteiger partial charge is 0.506 e. The van der Waals surface area contributed by atoms with E-state index in [4.69, 9.17) is 18.6 Å². The van der Waals surface area contributed by atoms with Crippen molar-refractivity contribution in [3.63, 3.8) is 0 Å². The van der Waals surface area contributed by atoms with E-state index in [0.717, 1.165) is 0 Å². The number of rotatable bonds is 5. The van der Waals surface area contributed by atoms with E-state index in [1.165, 1.54) is 19.1 Å². The summed E-state index contributed by atoms with van der Waals surface area (Å²) in [6.07, 6.45) is -15.9. The Morgan fingerprint density at radius 3 is 2.20 bits per heavy atom. The van der Waals surface area contributed by atoms with E-state index < -0.39 is 79.0 Å². The van der Waals surface area contributed by atoms with Crippen LogP contribution in [0.15, 0.2) is 51.7 Å². The molecule has 5 rings (SSSR count). The standard InChI is InChI=1S/C27H30O13/c1-10-19(30)22(33)24(35)26(37-10)18-15(39-27-25(36)23(34)20(31)16(9-28)40-27)8-14-17(21(18)32)12(29)7-13(38-14)11-5-3-2-4-6-11/h2-8,10,16,19-20,22-28,30-36H,9H2,1H3. The van der Waals surface area contributed by atoms with Crippen LogP contribution in [0.3, 0.4) is 0 Å². The van der Waals surface area contributed by atoms with Crippen LogP contribution in [-0.4, -0.2) is 103 Å². The van der Waals surface area contributed by atoms with Crippen molar-refractivity contribution in [3.8, 4) is 22.8 Å². The van der Waals surface area contributed by atoms with E-state index in [1.54, 1.807) is 30.3 Å². The van der Waals surface area contributed by atoms with Crippen molar-refractivity contribution in [3.05, 3.63) is 58.3 Å². The summed E-state index contributed by atoms with van der Waals surface area (Å²) < 4.78 is 22.9. The number of hydrogen-bond acceptors (Lipinski definition) is 13. The number of aliphatic hydroxyl groups is 7. The first kappa shape index (κ1) is 28.4. The van der Waals surface area contributed by atoms with Gasteiger partial charge in [0.05, 0.1) is 18.3 Å². The molecule has 10 unspecified atom stereocenters. The van der Waals surface area contributed by atoms with Crippen molar-refractivity contribution in [2.45, 2.75) is 68.1 Å². The molecule has 216 valence electrons. The highest BCUT2D eigenvalue weighted by molar-refractivity contribution is 5.88. The molecule has 0 amide bonds. The summed E-state index contributed by atoms with van der Waals surface area (Å²) >= 11 is 0. The maximum absolute atomic E-state index is 13.2. The summed E-state index contributed by atoms with van der Waals surface area (Å²) in [6, 6.07) is 11.0. The predicted octanol–water partition coefficient (Wildman–Crippen LogP) is -1.11. The second kappa shape index (κ2) is 11.0. The van der Waals surface area contributed by atoms with Crippen LogP contribution in [-0.2, 0) is 9.47 Å². The molecule has 3 aromatic rings. The molecule has 8 N–H and O–H groups in total. The molecule has 40 heavy (non-hydrogen) atoms. The normalized spacial score (nSPS) is 34.6. The van der Waals surface area contributed by atoms with Crippen molar-refractivity contribution in [1.29, 1.82) is 0 Å². The molecule has 0 radical (unpaired) electrons. The number of phenols is 1. The van der Waals surface area contributed by atoms with Gasteiger partial charge in [0.2, 0.25) is 6.29 Å². The molecular formula is C27H30O13. The van der Waals surface area contributed by atoms with Crippen LogP contribution in [0.1, 0.15) is 18.6 Å². The smallest absolute Gasteiger partial charge is 0.229 e. The van der Waals surface area contributed by atoms with Gasteiger partial charge in [0.15, 0.2) is 5.43 Å². The second-order valence-electron chi connectivity index (χ2n) is 9.90. The molecule has 10 atom stereocenters. The monoisotopic (exact) mass is 562 g/mol. The van der Waals surface area contributed by atoms with Gasteiger partial charge in [0, 0.05) is 17.7 Å². The van der Waals surface area contributed by atoms with Gasteiger partial charge in [0.1, 0.15) is 77.1 Å². The minimum absolute atomic E-state index is 0.158. The molecule has 2 fully saturated rings. The van der Waals surface area contributed by atoms with Gasteiger partial charge < -0.3 is 59.5 Å². The molecule has 2 saturated heterocycles. The molecule has 3 heterocycles. The molecule has 0 bridgehead atoms. The van der Waals surface area contributed by atoms with E-state index >= 15 is 0 Å². The van der Waals surface area contributed by atoms with Crippen LogP contribution in [0.4, 0.5) is 0 Å². The zero-order valence-corrected chi connectivity index (χ0v) is 21.1. The fraction of sp³-hybridized carbons (Fsp3) is 0.444. The number of fused-ring (bicyclic) bond motifs is 1. The van der Waals surface area contributed by atoms with E-state index in [9.17, 15) is 45.6 Å². The Morgan fingerprint density at radius 2 is 1.52 bits per heavy atom. The van der Waals surface area contributed by atoms with E-state index in [2.05, 4.69) is 0 Å². The van der Waals surface area contributed by atoms with Crippen LogP contribution in [0.2, 0.25) is 0 Å². The molecule has 2 aliphatic heterocycles. The third kappa shape index (κ3) is 4.85. The van der Waals surface area contributed by atoms with Crippen molar-refractivity contribution in [2.75, 3.05) is 6.61 Å². The summed E-state index contributed by atoms with van der Waals surface area (Å²) in [4.78, 5) is 13.2. The third-order valence-electron chi connectivity index (χ3n) is 7.28. The Balaban J connectivity index is 1.68. The summed E-state index contributed by atoms with van der Waals surface area (Å²) in [7, 11) is 0. The van der Waals surface area contributed by atoms with Crippen molar-refractivity contribution < 1.29 is 59.5 Å². The molecule has 2 aliphatic rings. The molecular weight excluding hydrogens is 532 g/mol. The van der Waals surface area contributed by atoms with Crippen molar-refractivity contribution in [2.24, 2.45) is 0 Å². The molecule has 0 aliphatic carbocycles. The lowest BCUT2D eigenvalue weighted by Gasteiger charge is -2.41. The minimum atomic E-state index is -1.84.